The lowest BCUT2D eigenvalue weighted by Crippen LogP contribution is -2.48. The van der Waals surface area contributed by atoms with Crippen LogP contribution in [0.25, 0.3) is 0 Å². The van der Waals surface area contributed by atoms with Gasteiger partial charge in [0.25, 0.3) is 0 Å². The highest BCUT2D eigenvalue weighted by molar-refractivity contribution is 5.48. The number of fused-ring (bicyclic) bond motifs is 3. The first-order valence-electron chi connectivity index (χ1n) is 9.61. The van der Waals surface area contributed by atoms with Crippen LogP contribution in [-0.2, 0) is 6.42 Å². The number of rotatable bonds is 3. The zero-order valence-electron chi connectivity index (χ0n) is 16.2. The molecule has 1 saturated heterocycles. The molecule has 3 rings (SSSR count). The van der Waals surface area contributed by atoms with Crippen LogP contribution in [0.4, 0.5) is 0 Å². The maximum atomic E-state index is 10.6. The van der Waals surface area contributed by atoms with Crippen LogP contribution in [0.3, 0.4) is 0 Å². The molecule has 1 aromatic rings. The number of aliphatic hydroxyl groups excluding tert-OH is 1. The van der Waals surface area contributed by atoms with E-state index >= 15 is 0 Å². The molecule has 1 aromatic carbocycles. The Morgan fingerprint density at radius 2 is 2.27 bits per heavy atom. The van der Waals surface area contributed by atoms with Crippen molar-refractivity contribution in [2.24, 2.45) is 11.8 Å². The fourth-order valence-electron chi connectivity index (χ4n) is 4.03. The fourth-order valence-corrected chi connectivity index (χ4v) is 4.03. The number of hydrogen-bond acceptors (Lipinski definition) is 4. The molecule has 4 nitrogen and oxygen atoms in total. The van der Waals surface area contributed by atoms with Crippen molar-refractivity contribution in [3.63, 3.8) is 0 Å². The third-order valence-corrected chi connectivity index (χ3v) is 5.05. The molecule has 122 valence electrons. The number of ether oxygens (including phenoxy) is 1. The van der Waals surface area contributed by atoms with Gasteiger partial charge in [-0.2, -0.15) is 0 Å². The molecule has 2 aliphatic rings. The molecule has 2 heterocycles. The van der Waals surface area contributed by atoms with Crippen molar-refractivity contribution in [1.82, 2.24) is 4.90 Å². The highest BCUT2D eigenvalue weighted by atomic mass is 16.5. The smallest absolute Gasteiger partial charge is 0.160 e. The van der Waals surface area contributed by atoms with E-state index in [-0.39, 0.29) is 29.6 Å². The van der Waals surface area contributed by atoms with E-state index in [9.17, 15) is 10.2 Å². The summed E-state index contributed by atoms with van der Waals surface area (Å²) in [7, 11) is -2.59. The topological polar surface area (TPSA) is 52.9 Å². The molecule has 0 aliphatic carbocycles. The highest BCUT2D eigenvalue weighted by Gasteiger charge is 2.38. The lowest BCUT2D eigenvalue weighted by Gasteiger charge is -2.46. The van der Waals surface area contributed by atoms with Crippen molar-refractivity contribution in [3.8, 4) is 11.5 Å². The van der Waals surface area contributed by atoms with Crippen molar-refractivity contribution >= 4 is 0 Å². The standard InChI is InChI=1S/C18H27NO3/c1-11(2)6-13-10-19-5-4-12-7-18(22-3)17(21)8-14(12)15(19)9-16(13)20/h7-8,11,13,15-16,20-21H,4-6,9-10H2,1-3H3/t13-,15-,16-/m1/s1/i3D3. The van der Waals surface area contributed by atoms with E-state index in [0.29, 0.717) is 12.3 Å². The number of methoxy groups -OCH3 is 1. The van der Waals surface area contributed by atoms with Gasteiger partial charge in [-0.25, -0.2) is 0 Å². The summed E-state index contributed by atoms with van der Waals surface area (Å²) in [6, 6.07) is 3.32. The molecule has 0 unspecified atom stereocenters. The van der Waals surface area contributed by atoms with Crippen LogP contribution in [0.1, 0.15) is 48.0 Å². The van der Waals surface area contributed by atoms with Gasteiger partial charge < -0.3 is 14.9 Å². The molecule has 0 radical (unpaired) electrons. The summed E-state index contributed by atoms with van der Waals surface area (Å²) in [6.45, 7) is 6.08. The molecule has 0 spiro atoms. The maximum Gasteiger partial charge on any atom is 0.160 e. The van der Waals surface area contributed by atoms with E-state index in [4.69, 9.17) is 8.85 Å². The van der Waals surface area contributed by atoms with Crippen LogP contribution in [-0.4, -0.2) is 41.3 Å². The number of aromatic hydroxyl groups is 1. The Kier molecular flexibility index (Phi) is 3.38. The lowest BCUT2D eigenvalue weighted by molar-refractivity contribution is -0.0191. The summed E-state index contributed by atoms with van der Waals surface area (Å²) < 4.78 is 26.6. The predicted octanol–water partition coefficient (Wildman–Crippen LogP) is 2.73. The van der Waals surface area contributed by atoms with E-state index in [1.54, 1.807) is 12.1 Å². The summed E-state index contributed by atoms with van der Waals surface area (Å²) in [4.78, 5) is 2.38. The second-order valence-electron chi connectivity index (χ2n) is 7.07. The average molecular weight is 308 g/mol. The molecular weight excluding hydrogens is 278 g/mol. The normalized spacial score (nSPS) is 30.9. The van der Waals surface area contributed by atoms with Gasteiger partial charge in [0.05, 0.1) is 17.3 Å². The van der Waals surface area contributed by atoms with Crippen LogP contribution < -0.4 is 4.74 Å². The number of phenols is 1. The highest BCUT2D eigenvalue weighted by Crippen LogP contribution is 2.43. The van der Waals surface area contributed by atoms with E-state index in [1.807, 2.05) is 0 Å². The van der Waals surface area contributed by atoms with Crippen molar-refractivity contribution in [2.75, 3.05) is 20.1 Å². The Morgan fingerprint density at radius 1 is 1.45 bits per heavy atom. The molecule has 22 heavy (non-hydrogen) atoms. The molecule has 0 amide bonds. The Hall–Kier alpha value is -1.26. The summed E-state index contributed by atoms with van der Waals surface area (Å²) in [5.41, 5.74) is 1.97. The van der Waals surface area contributed by atoms with Gasteiger partial charge in [0, 0.05) is 19.1 Å². The number of benzene rings is 1. The largest absolute Gasteiger partial charge is 0.504 e. The van der Waals surface area contributed by atoms with Gasteiger partial charge in [-0.1, -0.05) is 13.8 Å². The quantitative estimate of drug-likeness (QED) is 0.901. The molecule has 0 bridgehead atoms. The van der Waals surface area contributed by atoms with E-state index in [1.165, 1.54) is 0 Å². The van der Waals surface area contributed by atoms with Crippen LogP contribution in [0, 0.1) is 11.8 Å². The van der Waals surface area contributed by atoms with Gasteiger partial charge in [0.2, 0.25) is 0 Å². The first-order valence-corrected chi connectivity index (χ1v) is 8.11. The Bertz CT molecular complexity index is 633. The number of piperidine rings is 1. The van der Waals surface area contributed by atoms with Gasteiger partial charge in [-0.3, -0.25) is 4.90 Å². The van der Waals surface area contributed by atoms with Gasteiger partial charge in [-0.05, 0) is 54.4 Å². The third kappa shape index (κ3) is 2.82. The number of phenolic OH excluding ortho intramolecular Hbond substituents is 1. The van der Waals surface area contributed by atoms with E-state index in [0.717, 1.165) is 37.1 Å². The summed E-state index contributed by atoms with van der Waals surface area (Å²) in [6.07, 6.45) is 2.08. The van der Waals surface area contributed by atoms with Crippen molar-refractivity contribution in [1.29, 1.82) is 0 Å². The van der Waals surface area contributed by atoms with Gasteiger partial charge >= 0.3 is 0 Å². The first kappa shape index (κ1) is 12.2. The summed E-state index contributed by atoms with van der Waals surface area (Å²) in [5.74, 6) is 0.679. The number of aliphatic hydroxyl groups is 1. The second kappa shape index (κ2) is 6.09. The first-order chi connectivity index (χ1) is 11.6. The van der Waals surface area contributed by atoms with Gasteiger partial charge in [0.1, 0.15) is 0 Å². The van der Waals surface area contributed by atoms with Crippen LogP contribution >= 0.6 is 0 Å². The summed E-state index contributed by atoms with van der Waals surface area (Å²) in [5, 5.41) is 20.8. The fraction of sp³-hybridized carbons (Fsp3) is 0.667. The zero-order chi connectivity index (χ0) is 18.4. The molecule has 3 atom stereocenters. The SMILES string of the molecule is [2H]C([2H])([2H])Oc1cc2c(cc1O)[C@H]1C[C@@H](O)[C@H](CC(C)C)CN1CC2. The van der Waals surface area contributed by atoms with Crippen molar-refractivity contribution in [2.45, 2.75) is 45.3 Å². The molecular formula is C18H27NO3. The van der Waals surface area contributed by atoms with Crippen LogP contribution in [0.5, 0.6) is 11.5 Å². The van der Waals surface area contributed by atoms with Crippen molar-refractivity contribution in [3.05, 3.63) is 23.3 Å². The third-order valence-electron chi connectivity index (χ3n) is 5.05. The average Bonchev–Trinajstić information content (AvgIpc) is 2.47. The maximum absolute atomic E-state index is 10.6. The minimum absolute atomic E-state index is 0.00115. The Morgan fingerprint density at radius 3 is 3.00 bits per heavy atom. The zero-order valence-corrected chi connectivity index (χ0v) is 13.2. The predicted molar refractivity (Wildman–Crippen MR) is 86.2 cm³/mol. The van der Waals surface area contributed by atoms with Gasteiger partial charge in [-0.15, -0.1) is 0 Å². The number of nitrogens with zero attached hydrogens (tertiary/aromatic N) is 1. The monoisotopic (exact) mass is 308 g/mol. The molecule has 1 fully saturated rings. The number of hydrogen-bond donors (Lipinski definition) is 2. The molecule has 0 aromatic heterocycles. The minimum atomic E-state index is -2.59. The Balaban J connectivity index is 1.84. The lowest BCUT2D eigenvalue weighted by atomic mass is 9.79. The molecule has 2 aliphatic heterocycles. The molecule has 4 heteroatoms. The van der Waals surface area contributed by atoms with Crippen LogP contribution in [0.2, 0.25) is 0 Å². The van der Waals surface area contributed by atoms with Crippen LogP contribution in [0.15, 0.2) is 12.1 Å². The van der Waals surface area contributed by atoms with E-state index < -0.39 is 7.04 Å². The van der Waals surface area contributed by atoms with Gasteiger partial charge in [0.15, 0.2) is 11.5 Å². The van der Waals surface area contributed by atoms with E-state index in [2.05, 4.69) is 18.7 Å². The molecule has 0 saturated carbocycles. The Labute approximate surface area is 136 Å². The second-order valence-corrected chi connectivity index (χ2v) is 7.07. The molecule has 2 N–H and O–H groups in total. The van der Waals surface area contributed by atoms with Crippen molar-refractivity contribution < 1.29 is 19.1 Å². The summed E-state index contributed by atoms with van der Waals surface area (Å²) >= 11 is 0. The minimum Gasteiger partial charge on any atom is -0.504 e.